The zero-order valence-electron chi connectivity index (χ0n) is 21.8. The minimum Gasteiger partial charge on any atom is -0.355 e. The number of aryl methyl sites for hydroxylation is 1. The molecule has 0 aliphatic carbocycles. The first-order chi connectivity index (χ1) is 18.5. The van der Waals surface area contributed by atoms with Crippen molar-refractivity contribution in [1.29, 1.82) is 0 Å². The molecular formula is C28H30Cl3N3O4S. The Balaban J connectivity index is 2.10. The van der Waals surface area contributed by atoms with Gasteiger partial charge in [-0.15, -0.1) is 0 Å². The summed E-state index contributed by atoms with van der Waals surface area (Å²) in [6, 6.07) is 16.8. The lowest BCUT2D eigenvalue weighted by Crippen LogP contribution is -2.52. The molecule has 208 valence electrons. The first-order valence-corrected chi connectivity index (χ1v) is 14.9. The highest BCUT2D eigenvalue weighted by atomic mass is 35.5. The van der Waals surface area contributed by atoms with Crippen LogP contribution in [0.25, 0.3) is 0 Å². The Labute approximate surface area is 244 Å². The van der Waals surface area contributed by atoms with Crippen molar-refractivity contribution in [3.05, 3.63) is 92.9 Å². The van der Waals surface area contributed by atoms with Crippen molar-refractivity contribution in [3.8, 4) is 0 Å². The molecule has 0 aliphatic heterocycles. The molecule has 39 heavy (non-hydrogen) atoms. The van der Waals surface area contributed by atoms with E-state index in [2.05, 4.69) is 5.32 Å². The number of sulfonamides is 1. The van der Waals surface area contributed by atoms with Crippen LogP contribution in [0.3, 0.4) is 0 Å². The van der Waals surface area contributed by atoms with Crippen LogP contribution in [0.5, 0.6) is 0 Å². The molecule has 7 nitrogen and oxygen atoms in total. The van der Waals surface area contributed by atoms with Gasteiger partial charge in [-0.25, -0.2) is 8.42 Å². The summed E-state index contributed by atoms with van der Waals surface area (Å²) in [5.74, 6) is -0.914. The maximum absolute atomic E-state index is 14.0. The van der Waals surface area contributed by atoms with E-state index in [1.54, 1.807) is 69.3 Å². The quantitative estimate of drug-likeness (QED) is 0.285. The Bertz CT molecular complexity index is 1440. The number of nitrogens with one attached hydrogen (secondary N) is 1. The summed E-state index contributed by atoms with van der Waals surface area (Å²) in [6.45, 7) is 5.14. The molecule has 0 radical (unpaired) electrons. The maximum atomic E-state index is 14.0. The molecule has 11 heteroatoms. The van der Waals surface area contributed by atoms with Gasteiger partial charge in [0, 0.05) is 18.1 Å². The highest BCUT2D eigenvalue weighted by Crippen LogP contribution is 2.30. The predicted molar refractivity (Wildman–Crippen MR) is 157 cm³/mol. The van der Waals surface area contributed by atoms with E-state index in [9.17, 15) is 18.0 Å². The van der Waals surface area contributed by atoms with Gasteiger partial charge < -0.3 is 10.2 Å². The Morgan fingerprint density at radius 2 is 1.62 bits per heavy atom. The molecule has 0 aromatic heterocycles. The van der Waals surface area contributed by atoms with Gasteiger partial charge in [0.1, 0.15) is 12.6 Å². The lowest BCUT2D eigenvalue weighted by molar-refractivity contribution is -0.140. The van der Waals surface area contributed by atoms with Crippen LogP contribution < -0.4 is 9.62 Å². The van der Waals surface area contributed by atoms with Gasteiger partial charge in [-0.1, -0.05) is 72.1 Å². The molecule has 0 unspecified atom stereocenters. The van der Waals surface area contributed by atoms with E-state index in [0.29, 0.717) is 39.2 Å². The molecule has 0 aliphatic rings. The Kier molecular flexibility index (Phi) is 10.7. The fourth-order valence-corrected chi connectivity index (χ4v) is 6.11. The van der Waals surface area contributed by atoms with Crippen LogP contribution in [0.2, 0.25) is 15.1 Å². The topological polar surface area (TPSA) is 86.8 Å². The van der Waals surface area contributed by atoms with Crippen LogP contribution in [0.1, 0.15) is 31.4 Å². The number of nitrogens with zero attached hydrogens (tertiary/aromatic N) is 2. The van der Waals surface area contributed by atoms with Crippen LogP contribution in [0.15, 0.2) is 71.6 Å². The average molecular weight is 611 g/mol. The highest BCUT2D eigenvalue weighted by Gasteiger charge is 2.34. The number of amides is 2. The van der Waals surface area contributed by atoms with Gasteiger partial charge in [-0.2, -0.15) is 0 Å². The minimum atomic E-state index is -4.18. The molecule has 0 saturated carbocycles. The summed E-state index contributed by atoms with van der Waals surface area (Å²) in [6.07, 6.45) is 0.306. The average Bonchev–Trinajstić information content (AvgIpc) is 2.91. The molecule has 0 heterocycles. The summed E-state index contributed by atoms with van der Waals surface area (Å²) in [5, 5.41) is 3.74. The Morgan fingerprint density at radius 1 is 0.923 bits per heavy atom. The molecule has 0 bridgehead atoms. The number of anilines is 1. The van der Waals surface area contributed by atoms with E-state index in [1.807, 2.05) is 0 Å². The summed E-state index contributed by atoms with van der Waals surface area (Å²) in [7, 11) is -4.18. The third kappa shape index (κ3) is 7.45. The van der Waals surface area contributed by atoms with Crippen LogP contribution in [-0.4, -0.2) is 44.3 Å². The largest absolute Gasteiger partial charge is 0.355 e. The van der Waals surface area contributed by atoms with E-state index >= 15 is 0 Å². The molecule has 3 aromatic carbocycles. The minimum absolute atomic E-state index is 0.0130. The number of rotatable bonds is 11. The second-order valence-electron chi connectivity index (χ2n) is 8.84. The summed E-state index contributed by atoms with van der Waals surface area (Å²) < 4.78 is 28.8. The number of hydrogen-bond acceptors (Lipinski definition) is 4. The van der Waals surface area contributed by atoms with Crippen molar-refractivity contribution in [2.24, 2.45) is 0 Å². The third-order valence-corrected chi connectivity index (χ3v) is 8.87. The van der Waals surface area contributed by atoms with E-state index in [1.165, 1.54) is 23.1 Å². The number of carbonyl (C=O) groups is 2. The number of benzene rings is 3. The lowest BCUT2D eigenvalue weighted by atomic mass is 10.1. The molecule has 0 saturated heterocycles. The van der Waals surface area contributed by atoms with Gasteiger partial charge in [0.25, 0.3) is 10.0 Å². The van der Waals surface area contributed by atoms with Gasteiger partial charge in [0.15, 0.2) is 0 Å². The van der Waals surface area contributed by atoms with Crippen LogP contribution in [0, 0.1) is 6.92 Å². The van der Waals surface area contributed by atoms with Crippen molar-refractivity contribution in [2.45, 2.75) is 44.7 Å². The van der Waals surface area contributed by atoms with Crippen molar-refractivity contribution in [1.82, 2.24) is 10.2 Å². The Hall–Kier alpha value is -2.78. The van der Waals surface area contributed by atoms with E-state index < -0.39 is 28.5 Å². The van der Waals surface area contributed by atoms with Gasteiger partial charge in [-0.3, -0.25) is 13.9 Å². The molecule has 3 rings (SSSR count). The van der Waals surface area contributed by atoms with Crippen molar-refractivity contribution < 1.29 is 18.0 Å². The van der Waals surface area contributed by atoms with Gasteiger partial charge >= 0.3 is 0 Å². The lowest BCUT2D eigenvalue weighted by Gasteiger charge is -2.33. The van der Waals surface area contributed by atoms with Gasteiger partial charge in [0.2, 0.25) is 11.8 Å². The molecule has 0 spiro atoms. The number of likely N-dealkylation sites (N-methyl/N-ethyl adjacent to an activating group) is 1. The van der Waals surface area contributed by atoms with Gasteiger partial charge in [-0.05, 0) is 67.8 Å². The maximum Gasteiger partial charge on any atom is 0.264 e. The highest BCUT2D eigenvalue weighted by molar-refractivity contribution is 7.92. The van der Waals surface area contributed by atoms with Gasteiger partial charge in [0.05, 0.1) is 20.6 Å². The standard InChI is InChI=1S/C28H30Cl3N3O4S/c1-4-25(28(36)32-5-2)33(17-20-12-14-23(30)24(31)15-20)27(35)18-34(26-16-21(29)13-11-19(26)3)39(37,38)22-9-7-6-8-10-22/h6-16,25H,4-5,17-18H2,1-3H3,(H,32,36)/t25-/m1/s1. The molecule has 0 fully saturated rings. The zero-order chi connectivity index (χ0) is 28.7. The molecule has 1 atom stereocenters. The van der Waals surface area contributed by atoms with E-state index in [0.717, 1.165) is 4.31 Å². The number of hydrogen-bond donors (Lipinski definition) is 1. The molecule has 1 N–H and O–H groups in total. The molecule has 3 aromatic rings. The van der Waals surface area contributed by atoms with Crippen LogP contribution in [0.4, 0.5) is 5.69 Å². The first kappa shape index (κ1) is 30.8. The SMILES string of the molecule is CCNC(=O)[C@@H](CC)N(Cc1ccc(Cl)c(Cl)c1)C(=O)CN(c1cc(Cl)ccc1C)S(=O)(=O)c1ccccc1. The van der Waals surface area contributed by atoms with Crippen molar-refractivity contribution in [3.63, 3.8) is 0 Å². The summed E-state index contributed by atoms with van der Waals surface area (Å²) in [5.41, 5.74) is 1.51. The second-order valence-corrected chi connectivity index (χ2v) is 12.0. The third-order valence-electron chi connectivity index (χ3n) is 6.12. The summed E-state index contributed by atoms with van der Waals surface area (Å²) in [4.78, 5) is 28.4. The second kappa shape index (κ2) is 13.5. The monoisotopic (exact) mass is 609 g/mol. The van der Waals surface area contributed by atoms with E-state index in [4.69, 9.17) is 34.8 Å². The summed E-state index contributed by atoms with van der Waals surface area (Å²) >= 11 is 18.5. The fourth-order valence-electron chi connectivity index (χ4n) is 4.13. The first-order valence-electron chi connectivity index (χ1n) is 12.3. The van der Waals surface area contributed by atoms with Crippen molar-refractivity contribution >= 4 is 62.3 Å². The van der Waals surface area contributed by atoms with Crippen LogP contribution >= 0.6 is 34.8 Å². The fraction of sp³-hybridized carbons (Fsp3) is 0.286. The van der Waals surface area contributed by atoms with E-state index in [-0.39, 0.29) is 23.0 Å². The van der Waals surface area contributed by atoms with Crippen molar-refractivity contribution in [2.75, 3.05) is 17.4 Å². The zero-order valence-corrected chi connectivity index (χ0v) is 24.9. The normalized spacial score (nSPS) is 12.1. The van der Waals surface area contributed by atoms with Crippen LogP contribution in [-0.2, 0) is 26.2 Å². The number of carbonyl (C=O) groups excluding carboxylic acids is 2. The smallest absolute Gasteiger partial charge is 0.264 e. The molecule has 2 amide bonds. The predicted octanol–water partition coefficient (Wildman–Crippen LogP) is 6.09. The number of halogens is 3. The Morgan fingerprint density at radius 3 is 2.23 bits per heavy atom. The molecular weight excluding hydrogens is 581 g/mol.